The van der Waals surface area contributed by atoms with Gasteiger partial charge in [-0.1, -0.05) is 18.2 Å². The number of hydrazine groups is 1. The summed E-state index contributed by atoms with van der Waals surface area (Å²) in [5, 5.41) is 0. The predicted octanol–water partition coefficient (Wildman–Crippen LogP) is 3.31. The molecule has 3 aromatic rings. The molecular weight excluding hydrogens is 394 g/mol. The van der Waals surface area contributed by atoms with Crippen molar-refractivity contribution in [3.8, 4) is 11.4 Å². The first-order valence-electron chi connectivity index (χ1n) is 9.83. The Bertz CT molecular complexity index is 1130. The van der Waals surface area contributed by atoms with E-state index in [-0.39, 0.29) is 12.2 Å². The molecule has 2 N–H and O–H groups in total. The van der Waals surface area contributed by atoms with Gasteiger partial charge in [0.05, 0.1) is 19.1 Å². The molecule has 1 heterocycles. The van der Waals surface area contributed by atoms with Gasteiger partial charge in [0.15, 0.2) is 5.78 Å². The van der Waals surface area contributed by atoms with Crippen LogP contribution in [-0.4, -0.2) is 29.3 Å². The number of amides is 2. The Balaban J connectivity index is 1.70. The number of aryl methyl sites for hydroxylation is 1. The number of carbonyl (C=O) groups excluding carboxylic acids is 3. The third-order valence-corrected chi connectivity index (χ3v) is 5.04. The van der Waals surface area contributed by atoms with Crippen LogP contribution in [0.5, 0.6) is 5.75 Å². The zero-order valence-corrected chi connectivity index (χ0v) is 18.0. The molecular formula is C24H25N3O4. The highest BCUT2D eigenvalue weighted by Crippen LogP contribution is 2.22. The summed E-state index contributed by atoms with van der Waals surface area (Å²) in [7, 11) is 1.49. The van der Waals surface area contributed by atoms with Crippen LogP contribution in [0.2, 0.25) is 0 Å². The van der Waals surface area contributed by atoms with Gasteiger partial charge < -0.3 is 9.30 Å². The number of benzene rings is 2. The third kappa shape index (κ3) is 4.83. The van der Waals surface area contributed by atoms with Crippen LogP contribution in [0.1, 0.15) is 44.6 Å². The molecule has 31 heavy (non-hydrogen) atoms. The Hall–Kier alpha value is -3.87. The number of rotatable bonds is 6. The monoisotopic (exact) mass is 419 g/mol. The van der Waals surface area contributed by atoms with E-state index in [9.17, 15) is 14.4 Å². The van der Waals surface area contributed by atoms with Crippen LogP contribution in [0.25, 0.3) is 5.69 Å². The van der Waals surface area contributed by atoms with Gasteiger partial charge >= 0.3 is 0 Å². The molecule has 0 aliphatic rings. The second-order valence-corrected chi connectivity index (χ2v) is 7.22. The van der Waals surface area contributed by atoms with Crippen molar-refractivity contribution in [2.24, 2.45) is 0 Å². The van der Waals surface area contributed by atoms with Gasteiger partial charge in [0, 0.05) is 28.2 Å². The smallest absolute Gasteiger partial charge is 0.271 e. The minimum absolute atomic E-state index is 0.0480. The Morgan fingerprint density at radius 2 is 1.68 bits per heavy atom. The zero-order chi connectivity index (χ0) is 22.5. The van der Waals surface area contributed by atoms with Crippen molar-refractivity contribution < 1.29 is 19.1 Å². The Kier molecular flexibility index (Phi) is 6.55. The number of carbonyl (C=O) groups is 3. The van der Waals surface area contributed by atoms with E-state index in [4.69, 9.17) is 4.74 Å². The van der Waals surface area contributed by atoms with Crippen LogP contribution < -0.4 is 15.6 Å². The molecule has 0 atom stereocenters. The molecule has 1 aromatic heterocycles. The number of nitrogens with zero attached hydrogens (tertiary/aromatic N) is 1. The average molecular weight is 419 g/mol. The van der Waals surface area contributed by atoms with Crippen molar-refractivity contribution in [1.82, 2.24) is 15.4 Å². The molecule has 0 unspecified atom stereocenters. The number of para-hydroxylation sites is 1. The summed E-state index contributed by atoms with van der Waals surface area (Å²) in [6.45, 7) is 5.23. The first-order valence-corrected chi connectivity index (χ1v) is 9.83. The van der Waals surface area contributed by atoms with Gasteiger partial charge in [-0.25, -0.2) is 0 Å². The molecule has 7 heteroatoms. The third-order valence-electron chi connectivity index (χ3n) is 5.04. The number of nitrogens with one attached hydrogen (secondary N) is 2. The molecule has 0 aliphatic carbocycles. The molecule has 160 valence electrons. The Morgan fingerprint density at radius 1 is 0.968 bits per heavy atom. The molecule has 0 radical (unpaired) electrons. The van der Waals surface area contributed by atoms with Gasteiger partial charge in [0.2, 0.25) is 5.91 Å². The fraction of sp³-hybridized carbons (Fsp3) is 0.208. The van der Waals surface area contributed by atoms with Crippen molar-refractivity contribution in [2.75, 3.05) is 7.11 Å². The highest BCUT2D eigenvalue weighted by Gasteiger charge is 2.18. The lowest BCUT2D eigenvalue weighted by Gasteiger charge is -2.12. The molecule has 3 rings (SSSR count). The minimum Gasteiger partial charge on any atom is -0.496 e. The fourth-order valence-corrected chi connectivity index (χ4v) is 3.51. The van der Waals surface area contributed by atoms with Gasteiger partial charge in [-0.3, -0.25) is 25.2 Å². The van der Waals surface area contributed by atoms with E-state index in [1.165, 1.54) is 14.0 Å². The van der Waals surface area contributed by atoms with Crippen molar-refractivity contribution in [1.29, 1.82) is 0 Å². The van der Waals surface area contributed by atoms with Crippen LogP contribution in [0.4, 0.5) is 0 Å². The zero-order valence-electron chi connectivity index (χ0n) is 18.0. The summed E-state index contributed by atoms with van der Waals surface area (Å²) in [5.74, 6) is -0.443. The van der Waals surface area contributed by atoms with Crippen molar-refractivity contribution in [3.63, 3.8) is 0 Å². The lowest BCUT2D eigenvalue weighted by molar-refractivity contribution is -0.121. The van der Waals surface area contributed by atoms with Gasteiger partial charge in [-0.05, 0) is 57.2 Å². The minimum atomic E-state index is -0.427. The Morgan fingerprint density at radius 3 is 2.32 bits per heavy atom. The molecule has 2 aromatic carbocycles. The summed E-state index contributed by atoms with van der Waals surface area (Å²) in [6.07, 6.45) is -0.0480. The normalized spacial score (nSPS) is 10.5. The second-order valence-electron chi connectivity index (χ2n) is 7.22. The number of hydrogen-bond acceptors (Lipinski definition) is 4. The number of hydrogen-bond donors (Lipinski definition) is 2. The standard InChI is InChI=1S/C24H25N3O4/c1-15-12-21(16(2)27(15)20-8-6-5-7-9-20)24(30)26-25-23(29)14-19-13-18(17(3)28)10-11-22(19)31-4/h5-13H,14H2,1-4H3,(H,25,29)(H,26,30). The highest BCUT2D eigenvalue weighted by atomic mass is 16.5. The highest BCUT2D eigenvalue weighted by molar-refractivity contribution is 5.97. The van der Waals surface area contributed by atoms with E-state index in [0.717, 1.165) is 17.1 Å². The van der Waals surface area contributed by atoms with E-state index in [0.29, 0.717) is 22.4 Å². The SMILES string of the molecule is COc1ccc(C(C)=O)cc1CC(=O)NNC(=O)c1cc(C)n(-c2ccccc2)c1C. The largest absolute Gasteiger partial charge is 0.496 e. The van der Waals surface area contributed by atoms with Crippen molar-refractivity contribution >= 4 is 17.6 Å². The maximum atomic E-state index is 12.7. The van der Waals surface area contributed by atoms with Gasteiger partial charge in [-0.15, -0.1) is 0 Å². The molecule has 0 saturated carbocycles. The molecule has 0 saturated heterocycles. The fourth-order valence-electron chi connectivity index (χ4n) is 3.51. The molecule has 0 aliphatic heterocycles. The second kappa shape index (κ2) is 9.30. The summed E-state index contributed by atoms with van der Waals surface area (Å²) in [6, 6.07) is 16.4. The van der Waals surface area contributed by atoms with E-state index in [2.05, 4.69) is 10.9 Å². The van der Waals surface area contributed by atoms with E-state index in [1.807, 2.05) is 48.7 Å². The van der Waals surface area contributed by atoms with Crippen LogP contribution >= 0.6 is 0 Å². The molecule has 7 nitrogen and oxygen atoms in total. The van der Waals surface area contributed by atoms with Gasteiger partial charge in [0.25, 0.3) is 5.91 Å². The lowest BCUT2D eigenvalue weighted by atomic mass is 10.0. The summed E-state index contributed by atoms with van der Waals surface area (Å²) >= 11 is 0. The first-order chi connectivity index (χ1) is 14.8. The van der Waals surface area contributed by atoms with E-state index in [1.54, 1.807) is 24.3 Å². The quantitative estimate of drug-likeness (QED) is 0.474. The van der Waals surface area contributed by atoms with Crippen LogP contribution in [-0.2, 0) is 11.2 Å². The Labute approximate surface area is 181 Å². The number of Topliss-reactive ketones (excluding diaryl/α,β-unsaturated/α-hetero) is 1. The van der Waals surface area contributed by atoms with Crippen LogP contribution in [0.15, 0.2) is 54.6 Å². The number of methoxy groups -OCH3 is 1. The predicted molar refractivity (Wildman–Crippen MR) is 118 cm³/mol. The average Bonchev–Trinajstić information content (AvgIpc) is 3.06. The molecule has 0 fully saturated rings. The maximum absolute atomic E-state index is 12.7. The van der Waals surface area contributed by atoms with E-state index >= 15 is 0 Å². The summed E-state index contributed by atoms with van der Waals surface area (Å²) in [4.78, 5) is 36.7. The van der Waals surface area contributed by atoms with Crippen LogP contribution in [0, 0.1) is 13.8 Å². The van der Waals surface area contributed by atoms with Crippen LogP contribution in [0.3, 0.4) is 0 Å². The summed E-state index contributed by atoms with van der Waals surface area (Å²) in [5.41, 5.74) is 9.06. The van der Waals surface area contributed by atoms with Gasteiger partial charge in [-0.2, -0.15) is 0 Å². The number of ketones is 1. The topological polar surface area (TPSA) is 89.4 Å². The first kappa shape index (κ1) is 21.8. The molecule has 2 amide bonds. The number of ether oxygens (including phenoxy) is 1. The van der Waals surface area contributed by atoms with E-state index < -0.39 is 11.8 Å². The molecule has 0 bridgehead atoms. The van der Waals surface area contributed by atoms with Crippen molar-refractivity contribution in [3.05, 3.63) is 82.7 Å². The van der Waals surface area contributed by atoms with Gasteiger partial charge in [0.1, 0.15) is 5.75 Å². The lowest BCUT2D eigenvalue weighted by Crippen LogP contribution is -2.42. The van der Waals surface area contributed by atoms with Crippen molar-refractivity contribution in [2.45, 2.75) is 27.2 Å². The maximum Gasteiger partial charge on any atom is 0.271 e. The number of aromatic nitrogens is 1. The molecule has 0 spiro atoms. The summed E-state index contributed by atoms with van der Waals surface area (Å²) < 4.78 is 7.25.